The number of carboxylic acid groups (broad SMARTS) is 1. The SMILES string of the molecule is CC(=O)OC[C@@H](CC(=O)O)C(C)C. The first-order valence-corrected chi connectivity index (χ1v) is 4.28. The molecular weight excluding hydrogens is 172 g/mol. The van der Waals surface area contributed by atoms with Crippen LogP contribution in [-0.2, 0) is 14.3 Å². The van der Waals surface area contributed by atoms with E-state index >= 15 is 0 Å². The van der Waals surface area contributed by atoms with E-state index in [1.165, 1.54) is 6.92 Å². The van der Waals surface area contributed by atoms with Crippen LogP contribution in [0.5, 0.6) is 0 Å². The zero-order valence-corrected chi connectivity index (χ0v) is 8.24. The summed E-state index contributed by atoms with van der Waals surface area (Å²) < 4.78 is 4.76. The molecule has 0 saturated carbocycles. The predicted molar refractivity (Wildman–Crippen MR) is 47.2 cm³/mol. The summed E-state index contributed by atoms with van der Waals surface area (Å²) in [5.41, 5.74) is 0. The Morgan fingerprint density at radius 1 is 1.38 bits per heavy atom. The quantitative estimate of drug-likeness (QED) is 0.660. The minimum absolute atomic E-state index is 0.0466. The smallest absolute Gasteiger partial charge is 0.303 e. The molecule has 0 amide bonds. The van der Waals surface area contributed by atoms with E-state index in [1.807, 2.05) is 13.8 Å². The van der Waals surface area contributed by atoms with Gasteiger partial charge in [0, 0.05) is 12.8 Å². The van der Waals surface area contributed by atoms with Gasteiger partial charge in [-0.2, -0.15) is 0 Å². The maximum absolute atomic E-state index is 10.5. The molecule has 0 aromatic rings. The highest BCUT2D eigenvalue weighted by Gasteiger charge is 2.18. The Bertz CT molecular complexity index is 186. The lowest BCUT2D eigenvalue weighted by Gasteiger charge is -2.17. The highest BCUT2D eigenvalue weighted by Crippen LogP contribution is 2.15. The Labute approximate surface area is 77.9 Å². The third-order valence-electron chi connectivity index (χ3n) is 1.88. The molecule has 4 heteroatoms. The number of esters is 1. The summed E-state index contributed by atoms with van der Waals surface area (Å²) in [6.45, 7) is 5.34. The van der Waals surface area contributed by atoms with Crippen LogP contribution in [0.2, 0.25) is 0 Å². The first kappa shape index (κ1) is 11.9. The monoisotopic (exact) mass is 188 g/mol. The van der Waals surface area contributed by atoms with E-state index in [-0.39, 0.29) is 30.8 Å². The van der Waals surface area contributed by atoms with Crippen LogP contribution in [0.1, 0.15) is 27.2 Å². The first-order chi connectivity index (χ1) is 5.93. The van der Waals surface area contributed by atoms with E-state index in [0.717, 1.165) is 0 Å². The lowest BCUT2D eigenvalue weighted by atomic mass is 9.93. The number of rotatable bonds is 5. The Morgan fingerprint density at radius 3 is 2.23 bits per heavy atom. The normalized spacial score (nSPS) is 12.6. The highest BCUT2D eigenvalue weighted by atomic mass is 16.5. The van der Waals surface area contributed by atoms with Crippen molar-refractivity contribution in [3.63, 3.8) is 0 Å². The van der Waals surface area contributed by atoms with Crippen molar-refractivity contribution < 1.29 is 19.4 Å². The Morgan fingerprint density at radius 2 is 1.92 bits per heavy atom. The molecular formula is C9H16O4. The van der Waals surface area contributed by atoms with Crippen molar-refractivity contribution in [3.8, 4) is 0 Å². The van der Waals surface area contributed by atoms with E-state index in [9.17, 15) is 9.59 Å². The summed E-state index contributed by atoms with van der Waals surface area (Å²) in [6.07, 6.45) is 0.0466. The molecule has 1 N–H and O–H groups in total. The van der Waals surface area contributed by atoms with Gasteiger partial charge in [-0.25, -0.2) is 0 Å². The average molecular weight is 188 g/mol. The molecule has 0 unspecified atom stereocenters. The Balaban J connectivity index is 3.95. The van der Waals surface area contributed by atoms with Crippen LogP contribution in [0.4, 0.5) is 0 Å². The van der Waals surface area contributed by atoms with Gasteiger partial charge >= 0.3 is 11.9 Å². The van der Waals surface area contributed by atoms with Crippen molar-refractivity contribution in [3.05, 3.63) is 0 Å². The van der Waals surface area contributed by atoms with Crippen molar-refractivity contribution in [2.75, 3.05) is 6.61 Å². The predicted octanol–water partition coefficient (Wildman–Crippen LogP) is 1.30. The van der Waals surface area contributed by atoms with E-state index in [0.29, 0.717) is 0 Å². The van der Waals surface area contributed by atoms with Crippen molar-refractivity contribution in [2.24, 2.45) is 11.8 Å². The van der Waals surface area contributed by atoms with Gasteiger partial charge in [0.2, 0.25) is 0 Å². The van der Waals surface area contributed by atoms with E-state index in [2.05, 4.69) is 0 Å². The summed E-state index contributed by atoms with van der Waals surface area (Å²) in [7, 11) is 0. The molecule has 76 valence electrons. The van der Waals surface area contributed by atoms with Gasteiger partial charge in [-0.1, -0.05) is 13.8 Å². The summed E-state index contributed by atoms with van der Waals surface area (Å²) in [4.78, 5) is 20.9. The third kappa shape index (κ3) is 6.13. The van der Waals surface area contributed by atoms with Gasteiger partial charge in [-0.3, -0.25) is 9.59 Å². The molecule has 1 atom stereocenters. The van der Waals surface area contributed by atoms with E-state index in [4.69, 9.17) is 9.84 Å². The zero-order valence-electron chi connectivity index (χ0n) is 8.24. The molecule has 4 nitrogen and oxygen atoms in total. The van der Waals surface area contributed by atoms with Gasteiger partial charge in [0.1, 0.15) is 0 Å². The molecule has 0 bridgehead atoms. The van der Waals surface area contributed by atoms with E-state index in [1.54, 1.807) is 0 Å². The number of aliphatic carboxylic acids is 1. The first-order valence-electron chi connectivity index (χ1n) is 4.28. The van der Waals surface area contributed by atoms with Crippen LogP contribution >= 0.6 is 0 Å². The lowest BCUT2D eigenvalue weighted by molar-refractivity contribution is -0.146. The summed E-state index contributed by atoms with van der Waals surface area (Å²) in [6, 6.07) is 0. The molecule has 0 rings (SSSR count). The fourth-order valence-corrected chi connectivity index (χ4v) is 0.936. The van der Waals surface area contributed by atoms with Crippen LogP contribution in [0.25, 0.3) is 0 Å². The highest BCUT2D eigenvalue weighted by molar-refractivity contribution is 5.67. The van der Waals surface area contributed by atoms with Gasteiger partial charge in [-0.05, 0) is 5.92 Å². The van der Waals surface area contributed by atoms with Crippen molar-refractivity contribution >= 4 is 11.9 Å². The molecule has 0 saturated heterocycles. The van der Waals surface area contributed by atoms with Crippen LogP contribution in [0.15, 0.2) is 0 Å². The molecule has 0 heterocycles. The molecule has 0 aliphatic heterocycles. The number of carbonyl (C=O) groups excluding carboxylic acids is 1. The standard InChI is InChI=1S/C9H16O4/c1-6(2)8(4-9(11)12)5-13-7(3)10/h6,8H,4-5H2,1-3H3,(H,11,12)/t8-/m1/s1. The van der Waals surface area contributed by atoms with Crippen LogP contribution in [0.3, 0.4) is 0 Å². The molecule has 0 fully saturated rings. The second-order valence-electron chi connectivity index (χ2n) is 3.40. The zero-order chi connectivity index (χ0) is 10.4. The molecule has 0 aliphatic carbocycles. The molecule has 0 aromatic heterocycles. The minimum Gasteiger partial charge on any atom is -0.481 e. The molecule has 0 radical (unpaired) electrons. The minimum atomic E-state index is -0.856. The largest absolute Gasteiger partial charge is 0.481 e. The van der Waals surface area contributed by atoms with E-state index < -0.39 is 5.97 Å². The van der Waals surface area contributed by atoms with Gasteiger partial charge < -0.3 is 9.84 Å². The number of carbonyl (C=O) groups is 2. The van der Waals surface area contributed by atoms with Gasteiger partial charge in [0.05, 0.1) is 13.0 Å². The van der Waals surface area contributed by atoms with Gasteiger partial charge in [0.15, 0.2) is 0 Å². The molecule has 0 aliphatic rings. The molecule has 0 aromatic carbocycles. The van der Waals surface area contributed by atoms with Crippen molar-refractivity contribution in [2.45, 2.75) is 27.2 Å². The summed E-state index contributed by atoms with van der Waals surface area (Å²) >= 11 is 0. The third-order valence-corrected chi connectivity index (χ3v) is 1.88. The van der Waals surface area contributed by atoms with Gasteiger partial charge in [0.25, 0.3) is 0 Å². The van der Waals surface area contributed by atoms with Crippen LogP contribution in [0, 0.1) is 11.8 Å². The van der Waals surface area contributed by atoms with Gasteiger partial charge in [-0.15, -0.1) is 0 Å². The number of carboxylic acids is 1. The topological polar surface area (TPSA) is 63.6 Å². The average Bonchev–Trinajstić information content (AvgIpc) is 1.96. The molecule has 13 heavy (non-hydrogen) atoms. The van der Waals surface area contributed by atoms with Crippen molar-refractivity contribution in [1.29, 1.82) is 0 Å². The summed E-state index contributed by atoms with van der Waals surface area (Å²) in [5.74, 6) is -1.11. The fraction of sp³-hybridized carbons (Fsp3) is 0.778. The Hall–Kier alpha value is -1.06. The van der Waals surface area contributed by atoms with Crippen LogP contribution in [-0.4, -0.2) is 23.7 Å². The number of hydrogen-bond acceptors (Lipinski definition) is 3. The fourth-order valence-electron chi connectivity index (χ4n) is 0.936. The van der Waals surface area contributed by atoms with Crippen LogP contribution < -0.4 is 0 Å². The maximum Gasteiger partial charge on any atom is 0.303 e. The Kier molecular flexibility index (Phi) is 5.11. The lowest BCUT2D eigenvalue weighted by Crippen LogP contribution is -2.20. The maximum atomic E-state index is 10.5. The summed E-state index contributed by atoms with van der Waals surface area (Å²) in [5, 5.41) is 8.56. The second-order valence-corrected chi connectivity index (χ2v) is 3.40. The number of ether oxygens (including phenoxy) is 1. The molecule has 0 spiro atoms. The van der Waals surface area contributed by atoms with Crippen molar-refractivity contribution in [1.82, 2.24) is 0 Å². The number of hydrogen-bond donors (Lipinski definition) is 1. The second kappa shape index (κ2) is 5.56.